The molecule has 0 saturated heterocycles. The number of carbonyl (C=O) groups excluding carboxylic acids is 1. The molecule has 9 heteroatoms. The fraction of sp³-hybridized carbons (Fsp3) is 0.269. The van der Waals surface area contributed by atoms with Crippen LogP contribution in [-0.2, 0) is 9.53 Å². The van der Waals surface area contributed by atoms with Crippen molar-refractivity contribution in [2.24, 2.45) is 4.99 Å². The third-order valence-electron chi connectivity index (χ3n) is 5.68. The molecular formula is C26H26BrN3O4S. The molecular weight excluding hydrogens is 530 g/mol. The second kappa shape index (κ2) is 10.2. The van der Waals surface area contributed by atoms with Crippen LogP contribution < -0.4 is 24.5 Å². The van der Waals surface area contributed by atoms with Crippen molar-refractivity contribution < 1.29 is 14.3 Å². The SMILES string of the molecule is CCOC(=O)C1=C(C)N=c2sc(=Cc3ccc(N(C)C)c(Br)c3)c(=O)n2C1c1cccc(OC)c1. The van der Waals surface area contributed by atoms with E-state index >= 15 is 0 Å². The van der Waals surface area contributed by atoms with Gasteiger partial charge in [0.1, 0.15) is 5.75 Å². The lowest BCUT2D eigenvalue weighted by atomic mass is 9.95. The van der Waals surface area contributed by atoms with Crippen LogP contribution in [0, 0.1) is 0 Å². The molecule has 182 valence electrons. The van der Waals surface area contributed by atoms with Crippen LogP contribution in [0.5, 0.6) is 5.75 Å². The minimum absolute atomic E-state index is 0.219. The van der Waals surface area contributed by atoms with Crippen molar-refractivity contribution in [3.05, 3.63) is 89.0 Å². The first kappa shape index (κ1) is 24.9. The summed E-state index contributed by atoms with van der Waals surface area (Å²) < 4.78 is 13.8. The maximum atomic E-state index is 13.7. The van der Waals surface area contributed by atoms with Gasteiger partial charge in [-0.2, -0.15) is 0 Å². The average Bonchev–Trinajstić information content (AvgIpc) is 3.12. The average molecular weight is 556 g/mol. The van der Waals surface area contributed by atoms with Crippen molar-refractivity contribution in [2.45, 2.75) is 19.9 Å². The standard InChI is InChI=1S/C26H26BrN3O4S/c1-6-34-25(32)22-15(2)28-26-30(23(22)17-8-7-9-18(14-17)33-5)24(31)21(35-26)13-16-10-11-20(29(3)4)19(27)12-16/h7-14,23H,6H2,1-5H3. The molecule has 0 spiro atoms. The molecule has 0 amide bonds. The molecule has 2 aromatic carbocycles. The molecule has 7 nitrogen and oxygen atoms in total. The number of thiazole rings is 1. The van der Waals surface area contributed by atoms with Crippen LogP contribution in [0.2, 0.25) is 0 Å². The highest BCUT2D eigenvalue weighted by Crippen LogP contribution is 2.32. The normalized spacial score (nSPS) is 15.5. The zero-order valence-corrected chi connectivity index (χ0v) is 22.6. The van der Waals surface area contributed by atoms with Gasteiger partial charge in [-0.1, -0.05) is 29.5 Å². The highest BCUT2D eigenvalue weighted by molar-refractivity contribution is 9.10. The van der Waals surface area contributed by atoms with Crippen molar-refractivity contribution in [3.63, 3.8) is 0 Å². The Morgan fingerprint density at radius 1 is 1.26 bits per heavy atom. The fourth-order valence-electron chi connectivity index (χ4n) is 4.05. The molecule has 35 heavy (non-hydrogen) atoms. The molecule has 2 heterocycles. The summed E-state index contributed by atoms with van der Waals surface area (Å²) in [6, 6.07) is 12.6. The van der Waals surface area contributed by atoms with Crippen LogP contribution in [0.4, 0.5) is 5.69 Å². The third kappa shape index (κ3) is 4.83. The Morgan fingerprint density at radius 3 is 2.69 bits per heavy atom. The minimum Gasteiger partial charge on any atom is -0.497 e. The van der Waals surface area contributed by atoms with Crippen molar-refractivity contribution >= 4 is 45.0 Å². The third-order valence-corrected chi connectivity index (χ3v) is 7.30. The number of fused-ring (bicyclic) bond motifs is 1. The number of ether oxygens (including phenoxy) is 2. The summed E-state index contributed by atoms with van der Waals surface area (Å²) in [5.74, 6) is 0.146. The zero-order valence-electron chi connectivity index (χ0n) is 20.2. The first-order valence-corrected chi connectivity index (χ1v) is 12.7. The zero-order chi connectivity index (χ0) is 25.3. The summed E-state index contributed by atoms with van der Waals surface area (Å²) in [6.07, 6.45) is 1.85. The number of methoxy groups -OCH3 is 1. The predicted octanol–water partition coefficient (Wildman–Crippen LogP) is 3.64. The van der Waals surface area contributed by atoms with Crippen molar-refractivity contribution in [1.29, 1.82) is 0 Å². The second-order valence-corrected chi connectivity index (χ2v) is 10.0. The first-order valence-electron chi connectivity index (χ1n) is 11.1. The van der Waals surface area contributed by atoms with Gasteiger partial charge in [-0.05, 0) is 71.2 Å². The summed E-state index contributed by atoms with van der Waals surface area (Å²) in [4.78, 5) is 33.9. The minimum atomic E-state index is -0.676. The van der Waals surface area contributed by atoms with Gasteiger partial charge >= 0.3 is 5.97 Å². The van der Waals surface area contributed by atoms with Gasteiger partial charge in [-0.15, -0.1) is 0 Å². The number of hydrogen-bond donors (Lipinski definition) is 0. The van der Waals surface area contributed by atoms with Gasteiger partial charge in [0.05, 0.1) is 41.2 Å². The van der Waals surface area contributed by atoms with Crippen LogP contribution in [0.3, 0.4) is 0 Å². The van der Waals surface area contributed by atoms with E-state index < -0.39 is 12.0 Å². The van der Waals surface area contributed by atoms with E-state index in [-0.39, 0.29) is 12.2 Å². The lowest BCUT2D eigenvalue weighted by Crippen LogP contribution is -2.39. The van der Waals surface area contributed by atoms with E-state index in [2.05, 4.69) is 20.9 Å². The summed E-state index contributed by atoms with van der Waals surface area (Å²) in [5, 5.41) is 0. The van der Waals surface area contributed by atoms with Crippen LogP contribution in [0.25, 0.3) is 6.08 Å². The maximum Gasteiger partial charge on any atom is 0.338 e. The molecule has 0 radical (unpaired) electrons. The van der Waals surface area contributed by atoms with E-state index in [1.54, 1.807) is 25.5 Å². The Labute approximate surface area is 215 Å². The highest BCUT2D eigenvalue weighted by Gasteiger charge is 2.33. The molecule has 0 N–H and O–H groups in total. The smallest absolute Gasteiger partial charge is 0.338 e. The van der Waals surface area contributed by atoms with Gasteiger partial charge < -0.3 is 14.4 Å². The van der Waals surface area contributed by atoms with Crippen LogP contribution in [-0.4, -0.2) is 38.3 Å². The summed E-state index contributed by atoms with van der Waals surface area (Å²) >= 11 is 4.90. The number of esters is 1. The molecule has 1 unspecified atom stereocenters. The lowest BCUT2D eigenvalue weighted by molar-refractivity contribution is -0.139. The second-order valence-electron chi connectivity index (χ2n) is 8.18. The number of hydrogen-bond acceptors (Lipinski definition) is 7. The van der Waals surface area contributed by atoms with Gasteiger partial charge in [-0.25, -0.2) is 9.79 Å². The van der Waals surface area contributed by atoms with E-state index in [0.717, 1.165) is 21.3 Å². The van der Waals surface area contributed by atoms with Crippen LogP contribution in [0.1, 0.15) is 31.0 Å². The Morgan fingerprint density at radius 2 is 2.03 bits per heavy atom. The number of anilines is 1. The molecule has 1 aliphatic heterocycles. The number of halogens is 1. The molecule has 0 fully saturated rings. The number of benzene rings is 2. The highest BCUT2D eigenvalue weighted by atomic mass is 79.9. The van der Waals surface area contributed by atoms with Crippen molar-refractivity contribution in [1.82, 2.24) is 4.57 Å². The van der Waals surface area contributed by atoms with E-state index in [1.165, 1.54) is 11.3 Å². The van der Waals surface area contributed by atoms with Crippen LogP contribution in [0.15, 0.2) is 68.0 Å². The quantitative estimate of drug-likeness (QED) is 0.434. The number of nitrogens with zero attached hydrogens (tertiary/aromatic N) is 3. The monoisotopic (exact) mass is 555 g/mol. The lowest BCUT2D eigenvalue weighted by Gasteiger charge is -2.25. The molecule has 4 rings (SSSR count). The van der Waals surface area contributed by atoms with Crippen molar-refractivity contribution in [2.75, 3.05) is 32.7 Å². The van der Waals surface area contributed by atoms with E-state index in [4.69, 9.17) is 9.47 Å². The number of rotatable bonds is 6. The molecule has 1 aromatic heterocycles. The predicted molar refractivity (Wildman–Crippen MR) is 142 cm³/mol. The van der Waals surface area contributed by atoms with Crippen molar-refractivity contribution in [3.8, 4) is 5.75 Å². The largest absolute Gasteiger partial charge is 0.497 e. The Balaban J connectivity index is 1.93. The summed E-state index contributed by atoms with van der Waals surface area (Å²) in [7, 11) is 5.53. The Kier molecular flexibility index (Phi) is 7.28. The van der Waals surface area contributed by atoms with E-state index in [0.29, 0.717) is 26.4 Å². The first-order chi connectivity index (χ1) is 16.7. The molecule has 0 aliphatic carbocycles. The van der Waals surface area contributed by atoms with E-state index in [1.807, 2.05) is 67.5 Å². The molecule has 3 aromatic rings. The van der Waals surface area contributed by atoms with Gasteiger partial charge in [0.2, 0.25) is 0 Å². The fourth-order valence-corrected chi connectivity index (χ4v) is 5.84. The molecule has 1 atom stereocenters. The van der Waals surface area contributed by atoms with E-state index in [9.17, 15) is 9.59 Å². The van der Waals surface area contributed by atoms with Gasteiger partial charge in [0.25, 0.3) is 5.56 Å². The number of allylic oxidation sites excluding steroid dienone is 1. The van der Waals surface area contributed by atoms with Gasteiger partial charge in [-0.3, -0.25) is 9.36 Å². The Bertz CT molecular complexity index is 1500. The van der Waals surface area contributed by atoms with Gasteiger partial charge in [0.15, 0.2) is 4.80 Å². The van der Waals surface area contributed by atoms with Crippen LogP contribution >= 0.6 is 27.3 Å². The number of carbonyl (C=O) groups is 1. The summed E-state index contributed by atoms with van der Waals surface area (Å²) in [5.41, 5.74) is 3.32. The molecule has 1 aliphatic rings. The Hall–Kier alpha value is -3.17. The molecule has 0 bridgehead atoms. The summed E-state index contributed by atoms with van der Waals surface area (Å²) in [6.45, 7) is 3.75. The number of aromatic nitrogens is 1. The maximum absolute atomic E-state index is 13.7. The topological polar surface area (TPSA) is 73.1 Å². The van der Waals surface area contributed by atoms with Gasteiger partial charge in [0, 0.05) is 18.6 Å². The molecule has 0 saturated carbocycles.